The van der Waals surface area contributed by atoms with Crippen molar-refractivity contribution in [2.24, 2.45) is 23.2 Å². The minimum atomic E-state index is 0.514. The van der Waals surface area contributed by atoms with E-state index in [2.05, 4.69) is 39.9 Å². The van der Waals surface area contributed by atoms with Crippen LogP contribution in [0.3, 0.4) is 0 Å². The van der Waals surface area contributed by atoms with Crippen LogP contribution in [0, 0.1) is 23.2 Å². The van der Waals surface area contributed by atoms with Gasteiger partial charge in [-0.2, -0.15) is 0 Å². The molecule has 2 unspecified atom stereocenters. The zero-order chi connectivity index (χ0) is 12.9. The van der Waals surface area contributed by atoms with Gasteiger partial charge in [0.05, 0.1) is 0 Å². The molecule has 2 atom stereocenters. The maximum atomic E-state index is 3.64. The van der Waals surface area contributed by atoms with Crippen molar-refractivity contribution in [3.05, 3.63) is 0 Å². The molecule has 0 aromatic rings. The van der Waals surface area contributed by atoms with Crippen molar-refractivity contribution in [3.8, 4) is 0 Å². The highest BCUT2D eigenvalue weighted by atomic mass is 14.9. The molecule has 17 heavy (non-hydrogen) atoms. The van der Waals surface area contributed by atoms with E-state index in [4.69, 9.17) is 0 Å². The zero-order valence-electron chi connectivity index (χ0n) is 12.7. The van der Waals surface area contributed by atoms with Gasteiger partial charge in [-0.15, -0.1) is 0 Å². The first-order valence-corrected chi connectivity index (χ1v) is 7.60. The summed E-state index contributed by atoms with van der Waals surface area (Å²) in [6.07, 6.45) is 7.21. The molecule has 102 valence electrons. The number of rotatable bonds is 4. The molecule has 0 aromatic heterocycles. The van der Waals surface area contributed by atoms with Gasteiger partial charge < -0.3 is 5.32 Å². The predicted octanol–water partition coefficient (Wildman–Crippen LogP) is 4.47. The van der Waals surface area contributed by atoms with Gasteiger partial charge in [-0.1, -0.05) is 41.0 Å². The molecule has 0 aromatic carbocycles. The third-order valence-electron chi connectivity index (χ3n) is 4.30. The Labute approximate surface area is 109 Å². The summed E-state index contributed by atoms with van der Waals surface area (Å²) >= 11 is 0. The second kappa shape index (κ2) is 6.78. The van der Waals surface area contributed by atoms with E-state index in [9.17, 15) is 0 Å². The first-order chi connectivity index (χ1) is 7.89. The molecule has 1 N–H and O–H groups in total. The van der Waals surface area contributed by atoms with E-state index < -0.39 is 0 Å². The van der Waals surface area contributed by atoms with E-state index in [0.717, 1.165) is 17.8 Å². The Morgan fingerprint density at radius 2 is 1.76 bits per heavy atom. The van der Waals surface area contributed by atoms with Crippen molar-refractivity contribution in [3.63, 3.8) is 0 Å². The van der Waals surface area contributed by atoms with Crippen LogP contribution in [-0.2, 0) is 0 Å². The lowest BCUT2D eigenvalue weighted by molar-refractivity contribution is 0.212. The van der Waals surface area contributed by atoms with Gasteiger partial charge in [-0.3, -0.25) is 0 Å². The van der Waals surface area contributed by atoms with Crippen LogP contribution in [0.5, 0.6) is 0 Å². The molecule has 0 amide bonds. The smallest absolute Gasteiger partial charge is 0.00204 e. The quantitative estimate of drug-likeness (QED) is 0.714. The lowest BCUT2D eigenvalue weighted by Crippen LogP contribution is -2.26. The Morgan fingerprint density at radius 1 is 1.06 bits per heavy atom. The summed E-state index contributed by atoms with van der Waals surface area (Å²) in [5.74, 6) is 2.65. The van der Waals surface area contributed by atoms with Gasteiger partial charge in [0.15, 0.2) is 0 Å². The first kappa shape index (κ1) is 15.0. The molecule has 1 rings (SSSR count). The Bertz CT molecular complexity index is 202. The summed E-state index contributed by atoms with van der Waals surface area (Å²) in [4.78, 5) is 0. The molecular weight excluding hydrogens is 206 g/mol. The Morgan fingerprint density at radius 3 is 2.35 bits per heavy atom. The fourth-order valence-electron chi connectivity index (χ4n) is 3.02. The van der Waals surface area contributed by atoms with Gasteiger partial charge in [0.25, 0.3) is 0 Å². The van der Waals surface area contributed by atoms with Crippen molar-refractivity contribution in [2.75, 3.05) is 13.1 Å². The molecule has 1 saturated carbocycles. The Hall–Kier alpha value is -0.0400. The van der Waals surface area contributed by atoms with E-state index in [-0.39, 0.29) is 0 Å². The SMILES string of the molecule is CC(C)CNCC1CCCC(C(C)(C)C)CC1. The highest BCUT2D eigenvalue weighted by Crippen LogP contribution is 2.38. The van der Waals surface area contributed by atoms with Crippen molar-refractivity contribution in [1.29, 1.82) is 0 Å². The third kappa shape index (κ3) is 5.90. The summed E-state index contributed by atoms with van der Waals surface area (Å²) in [5.41, 5.74) is 0.514. The van der Waals surface area contributed by atoms with Crippen molar-refractivity contribution in [2.45, 2.75) is 66.7 Å². The molecule has 0 radical (unpaired) electrons. The van der Waals surface area contributed by atoms with E-state index >= 15 is 0 Å². The summed E-state index contributed by atoms with van der Waals surface area (Å²) in [6, 6.07) is 0. The maximum absolute atomic E-state index is 3.64. The van der Waals surface area contributed by atoms with Crippen LogP contribution in [-0.4, -0.2) is 13.1 Å². The number of hydrogen-bond acceptors (Lipinski definition) is 1. The normalized spacial score (nSPS) is 27.2. The summed E-state index contributed by atoms with van der Waals surface area (Å²) in [6.45, 7) is 14.2. The fraction of sp³-hybridized carbons (Fsp3) is 1.00. The molecular formula is C16H33N. The van der Waals surface area contributed by atoms with Gasteiger partial charge >= 0.3 is 0 Å². The van der Waals surface area contributed by atoms with Gasteiger partial charge in [0.2, 0.25) is 0 Å². The number of nitrogens with one attached hydrogen (secondary N) is 1. The van der Waals surface area contributed by atoms with Crippen LogP contribution in [0.2, 0.25) is 0 Å². The van der Waals surface area contributed by atoms with Crippen molar-refractivity contribution >= 4 is 0 Å². The monoisotopic (exact) mass is 239 g/mol. The van der Waals surface area contributed by atoms with Crippen LogP contribution in [0.15, 0.2) is 0 Å². The Kier molecular flexibility index (Phi) is 5.99. The first-order valence-electron chi connectivity index (χ1n) is 7.60. The predicted molar refractivity (Wildman–Crippen MR) is 77.2 cm³/mol. The molecule has 0 heterocycles. The Balaban J connectivity index is 2.28. The molecule has 1 aliphatic carbocycles. The van der Waals surface area contributed by atoms with Crippen LogP contribution in [0.1, 0.15) is 66.7 Å². The third-order valence-corrected chi connectivity index (χ3v) is 4.30. The highest BCUT2D eigenvalue weighted by Gasteiger charge is 2.27. The number of hydrogen-bond donors (Lipinski definition) is 1. The summed E-state index contributed by atoms with van der Waals surface area (Å²) in [7, 11) is 0. The molecule has 0 saturated heterocycles. The lowest BCUT2D eigenvalue weighted by atomic mass is 9.76. The molecule has 1 fully saturated rings. The fourth-order valence-corrected chi connectivity index (χ4v) is 3.02. The van der Waals surface area contributed by atoms with E-state index in [1.165, 1.54) is 45.2 Å². The largest absolute Gasteiger partial charge is 0.316 e. The van der Waals surface area contributed by atoms with Crippen molar-refractivity contribution < 1.29 is 0 Å². The van der Waals surface area contributed by atoms with E-state index in [0.29, 0.717) is 5.41 Å². The van der Waals surface area contributed by atoms with Crippen LogP contribution in [0.4, 0.5) is 0 Å². The minimum Gasteiger partial charge on any atom is -0.316 e. The standard InChI is InChI=1S/C16H33N/c1-13(2)11-17-12-14-7-6-8-15(10-9-14)16(3,4)5/h13-15,17H,6-12H2,1-5H3. The maximum Gasteiger partial charge on any atom is -0.00204 e. The molecule has 0 spiro atoms. The van der Waals surface area contributed by atoms with Crippen LogP contribution < -0.4 is 5.32 Å². The molecule has 1 nitrogen and oxygen atoms in total. The molecule has 1 heteroatoms. The second-order valence-electron chi connectivity index (χ2n) is 7.49. The second-order valence-corrected chi connectivity index (χ2v) is 7.49. The van der Waals surface area contributed by atoms with E-state index in [1.807, 2.05) is 0 Å². The van der Waals surface area contributed by atoms with Crippen LogP contribution in [0.25, 0.3) is 0 Å². The van der Waals surface area contributed by atoms with Crippen LogP contribution >= 0.6 is 0 Å². The lowest BCUT2D eigenvalue weighted by Gasteiger charge is -2.29. The molecule has 1 aliphatic rings. The van der Waals surface area contributed by atoms with Gasteiger partial charge in [-0.25, -0.2) is 0 Å². The van der Waals surface area contributed by atoms with E-state index in [1.54, 1.807) is 0 Å². The van der Waals surface area contributed by atoms with Gasteiger partial charge in [0.1, 0.15) is 0 Å². The summed E-state index contributed by atoms with van der Waals surface area (Å²) in [5, 5.41) is 3.64. The molecule has 0 bridgehead atoms. The topological polar surface area (TPSA) is 12.0 Å². The molecule has 0 aliphatic heterocycles. The summed E-state index contributed by atoms with van der Waals surface area (Å²) < 4.78 is 0. The van der Waals surface area contributed by atoms with Gasteiger partial charge in [-0.05, 0) is 61.9 Å². The minimum absolute atomic E-state index is 0.514. The zero-order valence-corrected chi connectivity index (χ0v) is 12.7. The average molecular weight is 239 g/mol. The average Bonchev–Trinajstić information content (AvgIpc) is 2.41. The highest BCUT2D eigenvalue weighted by molar-refractivity contribution is 4.79. The van der Waals surface area contributed by atoms with Gasteiger partial charge in [0, 0.05) is 0 Å². The van der Waals surface area contributed by atoms with Crippen molar-refractivity contribution in [1.82, 2.24) is 5.32 Å².